The van der Waals surface area contributed by atoms with Crippen molar-refractivity contribution in [2.75, 3.05) is 12.4 Å². The monoisotopic (exact) mass is 434 g/mol. The van der Waals surface area contributed by atoms with Crippen molar-refractivity contribution in [3.05, 3.63) is 70.2 Å². The molecule has 1 N–H and O–H groups in total. The normalized spacial score (nSPS) is 11.1. The van der Waals surface area contributed by atoms with Crippen LogP contribution in [0.3, 0.4) is 0 Å². The summed E-state index contributed by atoms with van der Waals surface area (Å²) in [5.74, 6) is 0.746. The molecule has 3 aromatic rings. The van der Waals surface area contributed by atoms with Crippen LogP contribution < -0.4 is 14.8 Å². The van der Waals surface area contributed by atoms with Gasteiger partial charge < -0.3 is 9.47 Å². The van der Waals surface area contributed by atoms with Gasteiger partial charge in [0.25, 0.3) is 5.91 Å². The van der Waals surface area contributed by atoms with E-state index in [1.165, 1.54) is 24.5 Å². The summed E-state index contributed by atoms with van der Waals surface area (Å²) in [6.45, 7) is 4.39. The maximum atomic E-state index is 12.5. The van der Waals surface area contributed by atoms with Crippen molar-refractivity contribution < 1.29 is 14.3 Å². The average Bonchev–Trinajstić information content (AvgIpc) is 3.25. The number of nitriles is 1. The van der Waals surface area contributed by atoms with Gasteiger partial charge in [-0.1, -0.05) is 61.6 Å². The third kappa shape index (κ3) is 5.90. The van der Waals surface area contributed by atoms with Gasteiger partial charge in [-0.05, 0) is 29.3 Å². The van der Waals surface area contributed by atoms with Crippen molar-refractivity contribution in [3.8, 4) is 17.6 Å². The van der Waals surface area contributed by atoms with Gasteiger partial charge >= 0.3 is 0 Å². The summed E-state index contributed by atoms with van der Waals surface area (Å²) in [6.07, 6.45) is 1.49. The maximum Gasteiger partial charge on any atom is 0.268 e. The highest BCUT2D eigenvalue weighted by Gasteiger charge is 2.15. The molecule has 0 saturated heterocycles. The lowest BCUT2D eigenvalue weighted by Gasteiger charge is -2.11. The summed E-state index contributed by atoms with van der Waals surface area (Å²) in [7, 11) is 1.54. The third-order valence-corrected chi connectivity index (χ3v) is 5.40. The molecule has 8 heteroatoms. The van der Waals surface area contributed by atoms with Crippen LogP contribution in [0.25, 0.3) is 6.08 Å². The van der Waals surface area contributed by atoms with Crippen LogP contribution in [-0.2, 0) is 11.4 Å². The predicted molar refractivity (Wildman–Crippen MR) is 120 cm³/mol. The maximum absolute atomic E-state index is 12.5. The fourth-order valence-electron chi connectivity index (χ4n) is 2.63. The van der Waals surface area contributed by atoms with Crippen LogP contribution in [0, 0.1) is 11.3 Å². The van der Waals surface area contributed by atoms with Crippen molar-refractivity contribution >= 4 is 28.5 Å². The third-order valence-electron chi connectivity index (χ3n) is 4.26. The minimum absolute atomic E-state index is 0.0543. The van der Waals surface area contributed by atoms with E-state index in [0.717, 1.165) is 10.6 Å². The van der Waals surface area contributed by atoms with E-state index in [-0.39, 0.29) is 11.5 Å². The Morgan fingerprint density at radius 3 is 2.61 bits per heavy atom. The number of hydrogen-bond donors (Lipinski definition) is 1. The van der Waals surface area contributed by atoms with Crippen molar-refractivity contribution in [3.63, 3.8) is 0 Å². The summed E-state index contributed by atoms with van der Waals surface area (Å²) < 4.78 is 11.3. The zero-order valence-corrected chi connectivity index (χ0v) is 18.3. The molecule has 3 rings (SSSR count). The van der Waals surface area contributed by atoms with E-state index < -0.39 is 5.91 Å². The molecule has 2 aromatic carbocycles. The predicted octanol–water partition coefficient (Wildman–Crippen LogP) is 4.79. The van der Waals surface area contributed by atoms with E-state index in [4.69, 9.17) is 9.47 Å². The van der Waals surface area contributed by atoms with Gasteiger partial charge in [0, 0.05) is 5.92 Å². The van der Waals surface area contributed by atoms with Gasteiger partial charge in [0.05, 0.1) is 7.11 Å². The van der Waals surface area contributed by atoms with Crippen LogP contribution in [0.15, 0.2) is 54.1 Å². The van der Waals surface area contributed by atoms with Crippen molar-refractivity contribution in [1.82, 2.24) is 10.2 Å². The number of amides is 1. The molecular formula is C23H22N4O3S. The Hall–Kier alpha value is -3.70. The van der Waals surface area contributed by atoms with Crippen LogP contribution in [0.2, 0.25) is 0 Å². The van der Waals surface area contributed by atoms with Crippen LogP contribution in [0.5, 0.6) is 11.5 Å². The number of nitrogens with zero attached hydrogens (tertiary/aromatic N) is 3. The molecule has 0 aliphatic carbocycles. The first-order valence-electron chi connectivity index (χ1n) is 9.61. The molecule has 0 radical (unpaired) electrons. The summed E-state index contributed by atoms with van der Waals surface area (Å²) in [5, 5.41) is 21.2. The van der Waals surface area contributed by atoms with Crippen molar-refractivity contribution in [2.45, 2.75) is 26.4 Å². The topological polar surface area (TPSA) is 97.1 Å². The number of carbonyl (C=O) groups is 1. The summed E-state index contributed by atoms with van der Waals surface area (Å²) in [4.78, 5) is 12.5. The molecule has 0 fully saturated rings. The molecule has 31 heavy (non-hydrogen) atoms. The van der Waals surface area contributed by atoms with Gasteiger partial charge in [0.2, 0.25) is 5.13 Å². The second kappa shape index (κ2) is 10.4. The first-order valence-corrected chi connectivity index (χ1v) is 10.4. The van der Waals surface area contributed by atoms with E-state index >= 15 is 0 Å². The molecule has 0 saturated carbocycles. The Bertz CT molecular complexity index is 1120. The van der Waals surface area contributed by atoms with Gasteiger partial charge in [-0.25, -0.2) is 0 Å². The van der Waals surface area contributed by atoms with E-state index in [1.807, 2.05) is 50.2 Å². The Labute approximate surface area is 185 Å². The molecule has 0 bridgehead atoms. The second-order valence-electron chi connectivity index (χ2n) is 6.91. The SMILES string of the molecule is COc1cc(/C=C(/C#N)C(=O)Nc2nnc(C(C)C)s2)ccc1OCc1ccccc1. The number of nitrogens with one attached hydrogen (secondary N) is 1. The van der Waals surface area contributed by atoms with Crippen LogP contribution in [-0.4, -0.2) is 23.2 Å². The van der Waals surface area contributed by atoms with Gasteiger partial charge in [0.15, 0.2) is 11.5 Å². The van der Waals surface area contributed by atoms with E-state index in [2.05, 4.69) is 15.5 Å². The van der Waals surface area contributed by atoms with Crippen LogP contribution in [0.4, 0.5) is 5.13 Å². The fraction of sp³-hybridized carbons (Fsp3) is 0.217. The second-order valence-corrected chi connectivity index (χ2v) is 7.92. The number of ether oxygens (including phenoxy) is 2. The average molecular weight is 435 g/mol. The first-order chi connectivity index (χ1) is 15.0. The molecule has 1 aromatic heterocycles. The van der Waals surface area contributed by atoms with Gasteiger partial charge in [-0.15, -0.1) is 10.2 Å². The zero-order valence-electron chi connectivity index (χ0n) is 17.5. The number of hydrogen-bond acceptors (Lipinski definition) is 7. The summed E-state index contributed by atoms with van der Waals surface area (Å²) in [6, 6.07) is 17.0. The highest BCUT2D eigenvalue weighted by Crippen LogP contribution is 2.30. The van der Waals surface area contributed by atoms with Crippen LogP contribution >= 0.6 is 11.3 Å². The molecular weight excluding hydrogens is 412 g/mol. The molecule has 7 nitrogen and oxygen atoms in total. The fourth-order valence-corrected chi connectivity index (χ4v) is 3.37. The van der Waals surface area contributed by atoms with E-state index in [9.17, 15) is 10.1 Å². The standard InChI is InChI=1S/C23H22N4O3S/c1-15(2)22-26-27-23(31-22)25-21(28)18(13-24)11-17-9-10-19(20(12-17)29-3)30-14-16-7-5-4-6-8-16/h4-12,15H,14H2,1-3H3,(H,25,27,28)/b18-11-. The highest BCUT2D eigenvalue weighted by molar-refractivity contribution is 7.15. The Morgan fingerprint density at radius 2 is 1.97 bits per heavy atom. The summed E-state index contributed by atoms with van der Waals surface area (Å²) >= 11 is 1.29. The molecule has 1 heterocycles. The largest absolute Gasteiger partial charge is 0.493 e. The van der Waals surface area contributed by atoms with Crippen molar-refractivity contribution in [2.24, 2.45) is 0 Å². The smallest absolute Gasteiger partial charge is 0.268 e. The quantitative estimate of drug-likeness (QED) is 0.404. The number of methoxy groups -OCH3 is 1. The number of benzene rings is 2. The molecule has 158 valence electrons. The lowest BCUT2D eigenvalue weighted by atomic mass is 10.1. The minimum atomic E-state index is -0.544. The molecule has 0 unspecified atom stereocenters. The number of anilines is 1. The van der Waals surface area contributed by atoms with Gasteiger partial charge in [-0.2, -0.15) is 5.26 Å². The highest BCUT2D eigenvalue weighted by atomic mass is 32.1. The minimum Gasteiger partial charge on any atom is -0.493 e. The molecule has 0 spiro atoms. The zero-order chi connectivity index (χ0) is 22.2. The summed E-state index contributed by atoms with van der Waals surface area (Å²) in [5.41, 5.74) is 1.62. The Morgan fingerprint density at radius 1 is 1.19 bits per heavy atom. The van der Waals surface area contributed by atoms with Crippen LogP contribution in [0.1, 0.15) is 35.9 Å². The molecule has 0 aliphatic heterocycles. The van der Waals surface area contributed by atoms with Gasteiger partial charge in [-0.3, -0.25) is 10.1 Å². The molecule has 0 atom stereocenters. The Kier molecular flexibility index (Phi) is 7.35. The number of aromatic nitrogens is 2. The first kappa shape index (κ1) is 22.0. The molecule has 1 amide bonds. The van der Waals surface area contributed by atoms with Gasteiger partial charge in [0.1, 0.15) is 23.3 Å². The lowest BCUT2D eigenvalue weighted by Crippen LogP contribution is -2.13. The molecule has 0 aliphatic rings. The number of rotatable bonds is 8. The van der Waals surface area contributed by atoms with E-state index in [0.29, 0.717) is 28.8 Å². The van der Waals surface area contributed by atoms with E-state index in [1.54, 1.807) is 18.2 Å². The Balaban J connectivity index is 1.73. The van der Waals surface area contributed by atoms with Crippen molar-refractivity contribution in [1.29, 1.82) is 5.26 Å². The number of carbonyl (C=O) groups excluding carboxylic acids is 1. The lowest BCUT2D eigenvalue weighted by molar-refractivity contribution is -0.112.